The maximum Gasteiger partial charge on any atom is 0.0471 e. The lowest BCUT2D eigenvalue weighted by Crippen LogP contribution is -2.22. The van der Waals surface area contributed by atoms with E-state index < -0.39 is 0 Å². The van der Waals surface area contributed by atoms with E-state index in [4.69, 9.17) is 11.6 Å². The molecule has 3 rings (SSSR count). The highest BCUT2D eigenvalue weighted by Gasteiger charge is 2.48. The first kappa shape index (κ1) is 11.2. The van der Waals surface area contributed by atoms with Gasteiger partial charge in [-0.15, -0.1) is 12.4 Å². The number of aromatic nitrogens is 1. The van der Waals surface area contributed by atoms with Gasteiger partial charge >= 0.3 is 0 Å². The number of pyridine rings is 1. The topological polar surface area (TPSA) is 24.9 Å². The lowest BCUT2D eigenvalue weighted by atomic mass is 9.97. The van der Waals surface area contributed by atoms with Gasteiger partial charge in [-0.2, -0.15) is 0 Å². The average molecular weight is 245 g/mol. The lowest BCUT2D eigenvalue weighted by molar-refractivity contribution is 0.595. The molecule has 1 spiro atoms. The van der Waals surface area contributed by atoms with Gasteiger partial charge in [-0.1, -0.05) is 11.6 Å². The van der Waals surface area contributed by atoms with E-state index in [9.17, 15) is 0 Å². The van der Waals surface area contributed by atoms with Crippen LogP contribution in [0.2, 0.25) is 5.02 Å². The summed E-state index contributed by atoms with van der Waals surface area (Å²) >= 11 is 6.15. The van der Waals surface area contributed by atoms with E-state index in [1.54, 1.807) is 6.20 Å². The molecule has 2 heterocycles. The number of nitrogens with one attached hydrogen (secondary N) is 1. The summed E-state index contributed by atoms with van der Waals surface area (Å²) in [4.78, 5) is 4.15. The molecule has 15 heavy (non-hydrogen) atoms. The number of nitrogens with zero attached hydrogens (tertiary/aromatic N) is 1. The maximum atomic E-state index is 6.15. The molecule has 0 aromatic carbocycles. The zero-order valence-corrected chi connectivity index (χ0v) is 9.94. The first-order valence-corrected chi connectivity index (χ1v) is 5.51. The molecule has 1 aromatic heterocycles. The number of hydrogen-bond acceptors (Lipinski definition) is 2. The molecule has 1 unspecified atom stereocenters. The van der Waals surface area contributed by atoms with Crippen molar-refractivity contribution in [3.63, 3.8) is 0 Å². The fourth-order valence-corrected chi connectivity index (χ4v) is 2.66. The van der Waals surface area contributed by atoms with E-state index in [2.05, 4.69) is 10.3 Å². The zero-order valence-electron chi connectivity index (χ0n) is 8.37. The van der Waals surface area contributed by atoms with E-state index in [1.165, 1.54) is 24.8 Å². The maximum absolute atomic E-state index is 6.15. The molecule has 1 saturated carbocycles. The SMILES string of the molecule is Cl.Clc1ccncc1C1CNC2(CC2)C1. The Morgan fingerprint density at radius 3 is 2.87 bits per heavy atom. The van der Waals surface area contributed by atoms with Gasteiger partial charge in [0.2, 0.25) is 0 Å². The molecule has 0 bridgehead atoms. The van der Waals surface area contributed by atoms with Crippen LogP contribution in [0.1, 0.15) is 30.7 Å². The predicted octanol–water partition coefficient (Wildman–Crippen LogP) is 2.77. The van der Waals surface area contributed by atoms with Gasteiger partial charge in [-0.25, -0.2) is 0 Å². The molecule has 0 amide bonds. The molecule has 2 aliphatic rings. The summed E-state index contributed by atoms with van der Waals surface area (Å²) in [7, 11) is 0. The Hall–Kier alpha value is -0.310. The minimum absolute atomic E-state index is 0. The van der Waals surface area contributed by atoms with Gasteiger partial charge in [0.1, 0.15) is 0 Å². The van der Waals surface area contributed by atoms with E-state index >= 15 is 0 Å². The second-order valence-corrected chi connectivity index (χ2v) is 4.87. The van der Waals surface area contributed by atoms with Crippen LogP contribution in [0, 0.1) is 0 Å². The largest absolute Gasteiger partial charge is 0.311 e. The van der Waals surface area contributed by atoms with Crippen molar-refractivity contribution in [3.05, 3.63) is 29.0 Å². The van der Waals surface area contributed by atoms with Gasteiger partial charge in [-0.3, -0.25) is 4.98 Å². The van der Waals surface area contributed by atoms with Crippen LogP contribution in [0.3, 0.4) is 0 Å². The zero-order chi connectivity index (χ0) is 9.60. The van der Waals surface area contributed by atoms with Crippen molar-refractivity contribution >= 4 is 24.0 Å². The highest BCUT2D eigenvalue weighted by molar-refractivity contribution is 6.31. The smallest absolute Gasteiger partial charge is 0.0471 e. The van der Waals surface area contributed by atoms with Crippen molar-refractivity contribution in [3.8, 4) is 0 Å². The van der Waals surface area contributed by atoms with E-state index in [0.29, 0.717) is 11.5 Å². The van der Waals surface area contributed by atoms with Crippen LogP contribution in [0.5, 0.6) is 0 Å². The van der Waals surface area contributed by atoms with Gasteiger partial charge in [0.05, 0.1) is 0 Å². The summed E-state index contributed by atoms with van der Waals surface area (Å²) in [5, 5.41) is 4.46. The first-order chi connectivity index (χ1) is 6.79. The highest BCUT2D eigenvalue weighted by atomic mass is 35.5. The number of hydrogen-bond donors (Lipinski definition) is 1. The van der Waals surface area contributed by atoms with E-state index in [-0.39, 0.29) is 12.4 Å². The van der Waals surface area contributed by atoms with Crippen LogP contribution in [0.25, 0.3) is 0 Å². The molecule has 1 aromatic rings. The minimum atomic E-state index is 0. The van der Waals surface area contributed by atoms with Crippen LogP contribution in [0.15, 0.2) is 18.5 Å². The van der Waals surface area contributed by atoms with Crippen LogP contribution in [0.4, 0.5) is 0 Å². The second kappa shape index (κ2) is 3.93. The summed E-state index contributed by atoms with van der Waals surface area (Å²) in [6.45, 7) is 1.06. The van der Waals surface area contributed by atoms with Crippen LogP contribution in [-0.4, -0.2) is 17.1 Å². The highest BCUT2D eigenvalue weighted by Crippen LogP contribution is 2.48. The molecule has 0 radical (unpaired) electrons. The van der Waals surface area contributed by atoms with Crippen molar-refractivity contribution in [1.82, 2.24) is 10.3 Å². The Kier molecular flexibility index (Phi) is 2.93. The molecular weight excluding hydrogens is 231 g/mol. The van der Waals surface area contributed by atoms with Gasteiger partial charge < -0.3 is 5.32 Å². The summed E-state index contributed by atoms with van der Waals surface area (Å²) < 4.78 is 0. The molecule has 1 saturated heterocycles. The van der Waals surface area contributed by atoms with E-state index in [0.717, 1.165) is 11.6 Å². The normalized spacial score (nSPS) is 26.3. The van der Waals surface area contributed by atoms with Crippen LogP contribution < -0.4 is 5.32 Å². The number of rotatable bonds is 1. The Morgan fingerprint density at radius 1 is 1.47 bits per heavy atom. The molecule has 2 fully saturated rings. The third-order valence-electron chi connectivity index (χ3n) is 3.45. The molecular formula is C11H14Cl2N2. The molecule has 4 heteroatoms. The van der Waals surface area contributed by atoms with Crippen molar-refractivity contribution in [1.29, 1.82) is 0 Å². The Morgan fingerprint density at radius 2 is 2.27 bits per heavy atom. The molecule has 2 nitrogen and oxygen atoms in total. The van der Waals surface area contributed by atoms with Crippen LogP contribution in [-0.2, 0) is 0 Å². The average Bonchev–Trinajstić information content (AvgIpc) is 2.79. The van der Waals surface area contributed by atoms with Crippen molar-refractivity contribution in [2.24, 2.45) is 0 Å². The van der Waals surface area contributed by atoms with Crippen molar-refractivity contribution in [2.75, 3.05) is 6.54 Å². The summed E-state index contributed by atoms with van der Waals surface area (Å²) in [6, 6.07) is 1.88. The summed E-state index contributed by atoms with van der Waals surface area (Å²) in [6.07, 6.45) is 7.57. The monoisotopic (exact) mass is 244 g/mol. The molecule has 82 valence electrons. The Bertz CT molecular complexity index is 363. The van der Waals surface area contributed by atoms with Crippen molar-refractivity contribution in [2.45, 2.75) is 30.7 Å². The van der Waals surface area contributed by atoms with Gasteiger partial charge in [0.15, 0.2) is 0 Å². The fourth-order valence-electron chi connectivity index (χ4n) is 2.40. The standard InChI is InChI=1S/C11H13ClN2.ClH/c12-10-1-4-13-7-9(10)8-5-11(2-3-11)14-6-8;/h1,4,7-8,14H,2-3,5-6H2;1H. The summed E-state index contributed by atoms with van der Waals surface area (Å²) in [5.74, 6) is 0.568. The van der Waals surface area contributed by atoms with E-state index in [1.807, 2.05) is 12.3 Å². The third kappa shape index (κ3) is 1.99. The summed E-state index contributed by atoms with van der Waals surface area (Å²) in [5.41, 5.74) is 1.69. The fraction of sp³-hybridized carbons (Fsp3) is 0.545. The van der Waals surface area contributed by atoms with Gasteiger partial charge in [0, 0.05) is 35.4 Å². The third-order valence-corrected chi connectivity index (χ3v) is 3.79. The Balaban J connectivity index is 0.000000853. The predicted molar refractivity (Wildman–Crippen MR) is 63.8 cm³/mol. The van der Waals surface area contributed by atoms with Gasteiger partial charge in [0.25, 0.3) is 0 Å². The molecule has 1 aliphatic heterocycles. The quantitative estimate of drug-likeness (QED) is 0.822. The lowest BCUT2D eigenvalue weighted by Gasteiger charge is -2.10. The molecule has 1 aliphatic carbocycles. The second-order valence-electron chi connectivity index (χ2n) is 4.46. The molecule has 1 atom stereocenters. The minimum Gasteiger partial charge on any atom is -0.311 e. The van der Waals surface area contributed by atoms with Gasteiger partial charge in [-0.05, 0) is 30.9 Å². The Labute approximate surface area is 101 Å². The first-order valence-electron chi connectivity index (χ1n) is 5.14. The number of halogens is 2. The molecule has 1 N–H and O–H groups in total. The van der Waals surface area contributed by atoms with Crippen molar-refractivity contribution < 1.29 is 0 Å². The van der Waals surface area contributed by atoms with Crippen LogP contribution >= 0.6 is 24.0 Å².